The van der Waals surface area contributed by atoms with Crippen molar-refractivity contribution in [1.29, 1.82) is 0 Å². The summed E-state index contributed by atoms with van der Waals surface area (Å²) in [7, 11) is -4.09. The fourth-order valence-electron chi connectivity index (χ4n) is 2.02. The Bertz CT molecular complexity index is 695. The highest BCUT2D eigenvalue weighted by Gasteiger charge is 2.06. The van der Waals surface area contributed by atoms with Gasteiger partial charge in [-0.3, -0.25) is 9.35 Å². The van der Waals surface area contributed by atoms with Gasteiger partial charge in [0.1, 0.15) is 12.4 Å². The zero-order valence-electron chi connectivity index (χ0n) is 17.3. The minimum atomic E-state index is -4.09. The molecule has 0 aromatic rings. The summed E-state index contributed by atoms with van der Waals surface area (Å²) in [6, 6.07) is 0. The molecule has 0 heterocycles. The normalized spacial score (nSPS) is 13.3. The molecule has 0 atom stereocenters. The van der Waals surface area contributed by atoms with Crippen LogP contribution in [0.25, 0.3) is 0 Å². The summed E-state index contributed by atoms with van der Waals surface area (Å²) in [5, 5.41) is 0. The summed E-state index contributed by atoms with van der Waals surface area (Å²) in [5.41, 5.74) is 0. The molecule has 0 radical (unpaired) electrons. The number of esters is 1. The zero-order valence-corrected chi connectivity index (χ0v) is 18.1. The Balaban J connectivity index is 3.65. The van der Waals surface area contributed by atoms with Gasteiger partial charge in [-0.15, -0.1) is 0 Å². The van der Waals surface area contributed by atoms with Crippen LogP contribution >= 0.6 is 0 Å². The number of hydrogen-bond donors (Lipinski definition) is 1. The van der Waals surface area contributed by atoms with Gasteiger partial charge in [0.15, 0.2) is 0 Å². The average Bonchev–Trinajstić information content (AvgIpc) is 2.66. The molecule has 0 aromatic heterocycles. The number of carbonyl (C=O) groups is 1. The standard InChI is InChI=1S/C23H34O5S/c1-2-3-4-5-6-7-8-9-10-11-12-13-14-15-16-17-18-19-20-23(24)28-21-22-29(25,26)27/h3-4,6-7,9-10,12-13,15-16,18-19H,2,5,8,11,14,17,20-22H2,1H3,(H,25,26,27)/b4-3-,7-6-,10-9-,13-12-,16-15-,19-18-. The molecule has 0 aliphatic rings. The van der Waals surface area contributed by atoms with Crippen LogP contribution in [0.2, 0.25) is 0 Å². The summed E-state index contributed by atoms with van der Waals surface area (Å²) in [4.78, 5) is 11.3. The summed E-state index contributed by atoms with van der Waals surface area (Å²) in [6.07, 6.45) is 30.5. The molecule has 0 aromatic carbocycles. The van der Waals surface area contributed by atoms with Gasteiger partial charge in [-0.1, -0.05) is 79.8 Å². The van der Waals surface area contributed by atoms with Crippen molar-refractivity contribution >= 4 is 16.1 Å². The first kappa shape index (κ1) is 26.8. The van der Waals surface area contributed by atoms with Crippen LogP contribution in [0.3, 0.4) is 0 Å². The van der Waals surface area contributed by atoms with Crippen molar-refractivity contribution in [3.05, 3.63) is 72.9 Å². The van der Waals surface area contributed by atoms with Gasteiger partial charge >= 0.3 is 5.97 Å². The smallest absolute Gasteiger partial charge is 0.309 e. The van der Waals surface area contributed by atoms with Crippen LogP contribution in [-0.4, -0.2) is 31.3 Å². The molecule has 0 amide bonds. The van der Waals surface area contributed by atoms with Gasteiger partial charge in [0.2, 0.25) is 0 Å². The number of hydrogen-bond acceptors (Lipinski definition) is 4. The Hall–Kier alpha value is -2.18. The summed E-state index contributed by atoms with van der Waals surface area (Å²) in [6.45, 7) is 1.80. The van der Waals surface area contributed by atoms with Crippen molar-refractivity contribution in [3.8, 4) is 0 Å². The van der Waals surface area contributed by atoms with Gasteiger partial charge in [-0.05, 0) is 38.5 Å². The fourth-order valence-corrected chi connectivity index (χ4v) is 2.32. The van der Waals surface area contributed by atoms with Crippen LogP contribution in [0.15, 0.2) is 72.9 Å². The number of ether oxygens (including phenoxy) is 1. The Kier molecular flexibility index (Phi) is 17.7. The maximum absolute atomic E-state index is 11.3. The van der Waals surface area contributed by atoms with E-state index in [-0.39, 0.29) is 13.0 Å². The Morgan fingerprint density at radius 3 is 1.48 bits per heavy atom. The molecular weight excluding hydrogens is 388 g/mol. The highest BCUT2D eigenvalue weighted by molar-refractivity contribution is 7.85. The van der Waals surface area contributed by atoms with E-state index in [2.05, 4.69) is 66.3 Å². The van der Waals surface area contributed by atoms with E-state index in [9.17, 15) is 13.2 Å². The molecule has 0 rings (SSSR count). The maximum Gasteiger partial charge on any atom is 0.309 e. The predicted molar refractivity (Wildman–Crippen MR) is 120 cm³/mol. The van der Waals surface area contributed by atoms with E-state index < -0.39 is 21.8 Å². The second kappa shape index (κ2) is 19.2. The lowest BCUT2D eigenvalue weighted by Crippen LogP contribution is -2.13. The third-order valence-electron chi connectivity index (χ3n) is 3.49. The fraction of sp³-hybridized carbons (Fsp3) is 0.435. The lowest BCUT2D eigenvalue weighted by atomic mass is 10.2. The molecule has 0 saturated carbocycles. The van der Waals surface area contributed by atoms with Gasteiger partial charge < -0.3 is 4.74 Å². The molecule has 0 saturated heterocycles. The summed E-state index contributed by atoms with van der Waals surface area (Å²) < 4.78 is 34.2. The minimum absolute atomic E-state index is 0.0795. The summed E-state index contributed by atoms with van der Waals surface area (Å²) in [5.74, 6) is -1.10. The Morgan fingerprint density at radius 2 is 1.10 bits per heavy atom. The minimum Gasteiger partial charge on any atom is -0.464 e. The van der Waals surface area contributed by atoms with Crippen LogP contribution < -0.4 is 0 Å². The van der Waals surface area contributed by atoms with Crippen molar-refractivity contribution in [3.63, 3.8) is 0 Å². The molecule has 0 fully saturated rings. The van der Waals surface area contributed by atoms with Crippen LogP contribution in [0.1, 0.15) is 51.9 Å². The topological polar surface area (TPSA) is 80.7 Å². The highest BCUT2D eigenvalue weighted by atomic mass is 32.2. The van der Waals surface area contributed by atoms with Gasteiger partial charge in [-0.2, -0.15) is 8.42 Å². The first-order chi connectivity index (χ1) is 14.0. The highest BCUT2D eigenvalue weighted by Crippen LogP contribution is 1.97. The van der Waals surface area contributed by atoms with Crippen LogP contribution in [0.5, 0.6) is 0 Å². The van der Waals surface area contributed by atoms with E-state index in [0.29, 0.717) is 6.42 Å². The van der Waals surface area contributed by atoms with Gasteiger partial charge in [-0.25, -0.2) is 0 Å². The lowest BCUT2D eigenvalue weighted by molar-refractivity contribution is -0.141. The first-order valence-electron chi connectivity index (χ1n) is 9.96. The Labute approximate surface area is 176 Å². The molecule has 0 aliphatic carbocycles. The average molecular weight is 423 g/mol. The van der Waals surface area contributed by atoms with E-state index in [1.54, 1.807) is 6.08 Å². The molecule has 1 N–H and O–H groups in total. The lowest BCUT2D eigenvalue weighted by Gasteiger charge is -2.00. The third-order valence-corrected chi connectivity index (χ3v) is 4.17. The molecule has 0 spiro atoms. The molecular formula is C23H34O5S. The second-order valence-corrected chi connectivity index (χ2v) is 7.70. The maximum atomic E-state index is 11.3. The van der Waals surface area contributed by atoms with Crippen molar-refractivity contribution in [2.75, 3.05) is 12.4 Å². The van der Waals surface area contributed by atoms with Crippen molar-refractivity contribution in [2.24, 2.45) is 0 Å². The van der Waals surface area contributed by atoms with E-state index >= 15 is 0 Å². The number of rotatable bonds is 16. The largest absolute Gasteiger partial charge is 0.464 e. The molecule has 29 heavy (non-hydrogen) atoms. The Morgan fingerprint density at radius 1 is 0.724 bits per heavy atom. The molecule has 5 nitrogen and oxygen atoms in total. The van der Waals surface area contributed by atoms with Crippen LogP contribution in [-0.2, 0) is 19.6 Å². The summed E-state index contributed by atoms with van der Waals surface area (Å²) >= 11 is 0. The zero-order chi connectivity index (χ0) is 21.6. The molecule has 0 unspecified atom stereocenters. The van der Waals surface area contributed by atoms with E-state index in [1.165, 1.54) is 0 Å². The van der Waals surface area contributed by atoms with E-state index in [4.69, 9.17) is 4.55 Å². The van der Waals surface area contributed by atoms with Crippen LogP contribution in [0, 0.1) is 0 Å². The van der Waals surface area contributed by atoms with Crippen molar-refractivity contribution in [2.45, 2.75) is 51.9 Å². The van der Waals surface area contributed by atoms with Gasteiger partial charge in [0.05, 0.1) is 6.42 Å². The monoisotopic (exact) mass is 422 g/mol. The SMILES string of the molecule is CC/C=C\C/C=C\C/C=C\C/C=C\C/C=C\C/C=C\CC(=O)OCCS(=O)(=O)O. The molecule has 0 aliphatic heterocycles. The van der Waals surface area contributed by atoms with E-state index in [0.717, 1.165) is 32.1 Å². The molecule has 6 heteroatoms. The van der Waals surface area contributed by atoms with Crippen molar-refractivity contribution < 1.29 is 22.5 Å². The second-order valence-electron chi connectivity index (χ2n) is 6.13. The van der Waals surface area contributed by atoms with Gasteiger partial charge in [0, 0.05) is 0 Å². The first-order valence-corrected chi connectivity index (χ1v) is 11.6. The third kappa shape index (κ3) is 23.8. The van der Waals surface area contributed by atoms with Gasteiger partial charge in [0.25, 0.3) is 10.1 Å². The van der Waals surface area contributed by atoms with Crippen molar-refractivity contribution in [1.82, 2.24) is 0 Å². The predicted octanol–water partition coefficient (Wildman–Crippen LogP) is 5.51. The number of allylic oxidation sites excluding steroid dienone is 11. The molecule has 162 valence electrons. The van der Waals surface area contributed by atoms with E-state index in [1.807, 2.05) is 12.2 Å². The quantitative estimate of drug-likeness (QED) is 0.202. The van der Waals surface area contributed by atoms with Crippen LogP contribution in [0.4, 0.5) is 0 Å². The molecule has 0 bridgehead atoms. The number of carbonyl (C=O) groups excluding carboxylic acids is 1.